The first-order valence-corrected chi connectivity index (χ1v) is 8.65. The van der Waals surface area contributed by atoms with Gasteiger partial charge in [0.05, 0.1) is 5.75 Å². The minimum atomic E-state index is 0.284. The number of hydrogen-bond acceptors (Lipinski definition) is 3. The van der Waals surface area contributed by atoms with E-state index in [4.69, 9.17) is 0 Å². The molecule has 1 atom stereocenters. The van der Waals surface area contributed by atoms with Gasteiger partial charge in [0.1, 0.15) is 0 Å². The van der Waals surface area contributed by atoms with Crippen LogP contribution in [0, 0.1) is 0 Å². The number of thioether (sulfide) groups is 1. The summed E-state index contributed by atoms with van der Waals surface area (Å²) in [5, 5.41) is 0. The Hall–Kier alpha value is -1.00. The fraction of sp³-hybridized carbons (Fsp3) is 0.562. The average molecular weight is 292 g/mol. The zero-order chi connectivity index (χ0) is 14.4. The molecule has 0 spiro atoms. The maximum absolute atomic E-state index is 12.1. The highest BCUT2D eigenvalue weighted by atomic mass is 32.2. The average Bonchev–Trinajstić information content (AvgIpc) is 2.61. The van der Waals surface area contributed by atoms with Crippen molar-refractivity contribution in [1.82, 2.24) is 9.80 Å². The van der Waals surface area contributed by atoms with E-state index in [1.165, 1.54) is 5.56 Å². The molecule has 20 heavy (non-hydrogen) atoms. The van der Waals surface area contributed by atoms with Crippen molar-refractivity contribution in [1.29, 1.82) is 0 Å². The molecule has 0 aromatic heterocycles. The van der Waals surface area contributed by atoms with Crippen molar-refractivity contribution >= 4 is 17.7 Å². The van der Waals surface area contributed by atoms with Crippen LogP contribution in [0.5, 0.6) is 0 Å². The monoisotopic (exact) mass is 292 g/mol. The molecule has 1 aromatic carbocycles. The minimum absolute atomic E-state index is 0.284. The van der Waals surface area contributed by atoms with Crippen LogP contribution < -0.4 is 0 Å². The highest BCUT2D eigenvalue weighted by Gasteiger charge is 2.24. The van der Waals surface area contributed by atoms with Gasteiger partial charge in [-0.3, -0.25) is 9.69 Å². The van der Waals surface area contributed by atoms with E-state index in [2.05, 4.69) is 47.1 Å². The number of benzene rings is 1. The maximum atomic E-state index is 12.1. The van der Waals surface area contributed by atoms with E-state index >= 15 is 0 Å². The number of hydrogen-bond donors (Lipinski definition) is 0. The van der Waals surface area contributed by atoms with Crippen LogP contribution >= 0.6 is 11.8 Å². The molecule has 1 amide bonds. The fourth-order valence-electron chi connectivity index (χ4n) is 2.81. The molecule has 0 N–H and O–H groups in total. The van der Waals surface area contributed by atoms with E-state index in [-0.39, 0.29) is 5.91 Å². The van der Waals surface area contributed by atoms with Crippen molar-refractivity contribution in [3.05, 3.63) is 35.9 Å². The van der Waals surface area contributed by atoms with E-state index in [1.807, 2.05) is 6.26 Å². The third kappa shape index (κ3) is 4.25. The number of amides is 1. The lowest BCUT2D eigenvalue weighted by molar-refractivity contribution is -0.130. The van der Waals surface area contributed by atoms with Gasteiger partial charge in [-0.15, -0.1) is 0 Å². The van der Waals surface area contributed by atoms with Gasteiger partial charge in [0.25, 0.3) is 0 Å². The number of rotatable bonds is 4. The van der Waals surface area contributed by atoms with Crippen LogP contribution in [0.1, 0.15) is 18.9 Å². The lowest BCUT2D eigenvalue weighted by Crippen LogP contribution is -2.43. The molecule has 0 saturated carbocycles. The second-order valence-corrected chi connectivity index (χ2v) is 6.31. The maximum Gasteiger partial charge on any atom is 0.232 e. The molecule has 2 rings (SSSR count). The van der Waals surface area contributed by atoms with Gasteiger partial charge in [0, 0.05) is 32.2 Å². The molecule has 1 aliphatic rings. The first kappa shape index (κ1) is 15.4. The molecule has 0 unspecified atom stereocenters. The van der Waals surface area contributed by atoms with Crippen LogP contribution in [-0.2, 0) is 11.3 Å². The van der Waals surface area contributed by atoms with Crippen LogP contribution in [0.4, 0.5) is 0 Å². The van der Waals surface area contributed by atoms with Crippen LogP contribution in [0.3, 0.4) is 0 Å². The molecule has 0 bridgehead atoms. The molecular weight excluding hydrogens is 268 g/mol. The molecule has 1 fully saturated rings. The quantitative estimate of drug-likeness (QED) is 0.852. The van der Waals surface area contributed by atoms with Gasteiger partial charge in [0.15, 0.2) is 0 Å². The second-order valence-electron chi connectivity index (χ2n) is 5.44. The van der Waals surface area contributed by atoms with E-state index in [9.17, 15) is 4.79 Å². The van der Waals surface area contributed by atoms with Gasteiger partial charge in [0.2, 0.25) is 5.91 Å². The van der Waals surface area contributed by atoms with Crippen molar-refractivity contribution < 1.29 is 4.79 Å². The van der Waals surface area contributed by atoms with Crippen molar-refractivity contribution in [3.8, 4) is 0 Å². The third-order valence-electron chi connectivity index (χ3n) is 3.77. The van der Waals surface area contributed by atoms with Crippen LogP contribution in [0.2, 0.25) is 0 Å². The van der Waals surface area contributed by atoms with Crippen LogP contribution in [0.15, 0.2) is 30.3 Å². The molecule has 3 nitrogen and oxygen atoms in total. The lowest BCUT2D eigenvalue weighted by Gasteiger charge is -2.29. The highest BCUT2D eigenvalue weighted by Crippen LogP contribution is 2.14. The summed E-state index contributed by atoms with van der Waals surface area (Å²) in [6.45, 7) is 6.08. The first-order chi connectivity index (χ1) is 9.70. The van der Waals surface area contributed by atoms with E-state index < -0.39 is 0 Å². The first-order valence-electron chi connectivity index (χ1n) is 7.25. The molecule has 0 aliphatic carbocycles. The molecule has 1 aliphatic heterocycles. The van der Waals surface area contributed by atoms with Gasteiger partial charge in [-0.2, -0.15) is 11.8 Å². The van der Waals surface area contributed by atoms with Gasteiger partial charge in [-0.05, 0) is 25.2 Å². The SMILES string of the molecule is CSCC(=O)N1CCCN(Cc2ccccc2)C[C@H]1C. The Balaban J connectivity index is 1.94. The largest absolute Gasteiger partial charge is 0.338 e. The van der Waals surface area contributed by atoms with E-state index in [0.29, 0.717) is 11.8 Å². The summed E-state index contributed by atoms with van der Waals surface area (Å²) in [7, 11) is 0. The van der Waals surface area contributed by atoms with Crippen molar-refractivity contribution in [2.24, 2.45) is 0 Å². The molecular formula is C16H24N2OS. The molecule has 1 heterocycles. The Bertz CT molecular complexity index is 424. The van der Waals surface area contributed by atoms with E-state index in [0.717, 1.165) is 32.6 Å². The molecule has 1 aromatic rings. The predicted molar refractivity (Wildman–Crippen MR) is 85.9 cm³/mol. The number of nitrogens with zero attached hydrogens (tertiary/aromatic N) is 2. The zero-order valence-electron chi connectivity index (χ0n) is 12.4. The smallest absolute Gasteiger partial charge is 0.232 e. The Morgan fingerprint density at radius 2 is 2.05 bits per heavy atom. The van der Waals surface area contributed by atoms with Gasteiger partial charge >= 0.3 is 0 Å². The number of carbonyl (C=O) groups excluding carboxylic acids is 1. The Labute approximate surface area is 126 Å². The van der Waals surface area contributed by atoms with Gasteiger partial charge < -0.3 is 4.90 Å². The lowest BCUT2D eigenvalue weighted by atomic mass is 10.2. The standard InChI is InChI=1S/C16H24N2OS/c1-14-11-17(12-15-7-4-3-5-8-15)9-6-10-18(14)16(19)13-20-2/h3-5,7-8,14H,6,9-13H2,1-2H3/t14-/m1/s1. The number of carbonyl (C=O) groups is 1. The Morgan fingerprint density at radius 1 is 1.30 bits per heavy atom. The molecule has 4 heteroatoms. The van der Waals surface area contributed by atoms with Crippen LogP contribution in [-0.4, -0.2) is 53.4 Å². The normalized spacial score (nSPS) is 20.7. The summed E-state index contributed by atoms with van der Waals surface area (Å²) in [5.41, 5.74) is 1.35. The summed E-state index contributed by atoms with van der Waals surface area (Å²) in [4.78, 5) is 16.6. The Kier molecular flexibility index (Phi) is 5.92. The Morgan fingerprint density at radius 3 is 2.75 bits per heavy atom. The fourth-order valence-corrected chi connectivity index (χ4v) is 3.22. The van der Waals surface area contributed by atoms with Gasteiger partial charge in [-0.25, -0.2) is 0 Å². The predicted octanol–water partition coefficient (Wildman–Crippen LogP) is 2.47. The van der Waals surface area contributed by atoms with Crippen molar-refractivity contribution in [3.63, 3.8) is 0 Å². The summed E-state index contributed by atoms with van der Waals surface area (Å²) in [6.07, 6.45) is 3.05. The molecule has 110 valence electrons. The molecule has 1 saturated heterocycles. The minimum Gasteiger partial charge on any atom is -0.338 e. The van der Waals surface area contributed by atoms with Crippen molar-refractivity contribution in [2.75, 3.05) is 31.6 Å². The summed E-state index contributed by atoms with van der Waals surface area (Å²) in [5.74, 6) is 0.884. The summed E-state index contributed by atoms with van der Waals surface area (Å²) in [6, 6.07) is 10.9. The topological polar surface area (TPSA) is 23.6 Å². The van der Waals surface area contributed by atoms with E-state index in [1.54, 1.807) is 11.8 Å². The van der Waals surface area contributed by atoms with Crippen LogP contribution in [0.25, 0.3) is 0 Å². The zero-order valence-corrected chi connectivity index (χ0v) is 13.2. The summed E-state index contributed by atoms with van der Waals surface area (Å²) < 4.78 is 0. The third-order valence-corrected chi connectivity index (χ3v) is 4.30. The molecule has 0 radical (unpaired) electrons. The highest BCUT2D eigenvalue weighted by molar-refractivity contribution is 7.99. The summed E-state index contributed by atoms with van der Waals surface area (Å²) >= 11 is 1.61. The van der Waals surface area contributed by atoms with Crippen molar-refractivity contribution in [2.45, 2.75) is 25.9 Å². The second kappa shape index (κ2) is 7.70. The van der Waals surface area contributed by atoms with Gasteiger partial charge in [-0.1, -0.05) is 30.3 Å².